The van der Waals surface area contributed by atoms with Gasteiger partial charge in [0.25, 0.3) is 0 Å². The number of hydrogen-bond donors (Lipinski definition) is 1. The monoisotopic (exact) mass is 461 g/mol. The minimum atomic E-state index is -0.878. The molecule has 0 unspecified atom stereocenters. The lowest BCUT2D eigenvalue weighted by Gasteiger charge is -2.32. The Balaban J connectivity index is 1.91. The van der Waals surface area contributed by atoms with Gasteiger partial charge in [-0.25, -0.2) is 9.59 Å². The van der Waals surface area contributed by atoms with Crippen LogP contribution in [0.5, 0.6) is 0 Å². The summed E-state index contributed by atoms with van der Waals surface area (Å²) < 4.78 is 10.7. The molecule has 0 aliphatic carbocycles. The first-order chi connectivity index (χ1) is 15.4. The Morgan fingerprint density at radius 3 is 2.39 bits per heavy atom. The van der Waals surface area contributed by atoms with Gasteiger partial charge in [0.2, 0.25) is 11.8 Å². The van der Waals surface area contributed by atoms with Gasteiger partial charge in [-0.1, -0.05) is 30.3 Å². The van der Waals surface area contributed by atoms with E-state index >= 15 is 0 Å². The summed E-state index contributed by atoms with van der Waals surface area (Å²) in [4.78, 5) is 53.2. The summed E-state index contributed by atoms with van der Waals surface area (Å²) in [5, 5.41) is 2.59. The number of ether oxygens (including phenoxy) is 2. The van der Waals surface area contributed by atoms with Gasteiger partial charge >= 0.3 is 12.1 Å². The highest BCUT2D eigenvalue weighted by molar-refractivity contribution is 5.92. The van der Waals surface area contributed by atoms with Gasteiger partial charge in [0.15, 0.2) is 0 Å². The van der Waals surface area contributed by atoms with Crippen molar-refractivity contribution in [3.8, 4) is 0 Å². The second-order valence-electron chi connectivity index (χ2n) is 9.28. The molecule has 33 heavy (non-hydrogen) atoms. The Kier molecular flexibility index (Phi) is 8.84. The van der Waals surface area contributed by atoms with Crippen molar-refractivity contribution in [2.75, 3.05) is 13.6 Å². The predicted molar refractivity (Wildman–Crippen MR) is 122 cm³/mol. The summed E-state index contributed by atoms with van der Waals surface area (Å²) in [6.45, 7) is 8.93. The average Bonchev–Trinajstić information content (AvgIpc) is 3.25. The van der Waals surface area contributed by atoms with Crippen LogP contribution in [-0.4, -0.2) is 71.0 Å². The van der Waals surface area contributed by atoms with Crippen molar-refractivity contribution in [3.63, 3.8) is 0 Å². The summed E-state index contributed by atoms with van der Waals surface area (Å²) in [7, 11) is 1.51. The number of carbonyl (C=O) groups excluding carboxylic acids is 4. The topological polar surface area (TPSA) is 105 Å². The van der Waals surface area contributed by atoms with Crippen molar-refractivity contribution < 1.29 is 28.7 Å². The van der Waals surface area contributed by atoms with E-state index in [1.165, 1.54) is 23.8 Å². The Bertz CT molecular complexity index is 852. The summed E-state index contributed by atoms with van der Waals surface area (Å²) in [5.74, 6) is -1.41. The largest absolute Gasteiger partial charge is 0.459 e. The maximum absolute atomic E-state index is 13.1. The van der Waals surface area contributed by atoms with Gasteiger partial charge in [0, 0.05) is 13.6 Å². The van der Waals surface area contributed by atoms with E-state index in [9.17, 15) is 19.2 Å². The van der Waals surface area contributed by atoms with Crippen molar-refractivity contribution in [1.29, 1.82) is 0 Å². The molecule has 9 nitrogen and oxygen atoms in total. The number of benzene rings is 1. The van der Waals surface area contributed by atoms with Crippen LogP contribution in [0.2, 0.25) is 0 Å². The molecule has 0 spiro atoms. The smallest absolute Gasteiger partial charge is 0.410 e. The average molecular weight is 462 g/mol. The summed E-state index contributed by atoms with van der Waals surface area (Å²) >= 11 is 0. The number of nitrogens with zero attached hydrogens (tertiary/aromatic N) is 2. The molecule has 0 bridgehead atoms. The number of esters is 1. The highest BCUT2D eigenvalue weighted by Gasteiger charge is 2.39. The standard InChI is InChI=1S/C24H35N3O6/c1-16(22(30)32-15-18-11-8-7-9-12-18)25-20(28)17(2)26(6)21(29)19-13-10-14-27(19)23(31)33-24(3,4)5/h7-9,11-12,16-17,19H,10,13-15H2,1-6H3,(H,25,28)/t16-,17-,19-/m0/s1. The molecular weight excluding hydrogens is 426 g/mol. The Morgan fingerprint density at radius 1 is 1.15 bits per heavy atom. The Hall–Kier alpha value is -3.10. The molecule has 1 aliphatic heterocycles. The van der Waals surface area contributed by atoms with Crippen LogP contribution in [0.3, 0.4) is 0 Å². The summed E-state index contributed by atoms with van der Waals surface area (Å²) in [6, 6.07) is 6.82. The van der Waals surface area contributed by atoms with E-state index in [4.69, 9.17) is 9.47 Å². The quantitative estimate of drug-likeness (QED) is 0.626. The Labute approximate surface area is 195 Å². The fourth-order valence-electron chi connectivity index (χ4n) is 3.41. The summed E-state index contributed by atoms with van der Waals surface area (Å²) in [5.41, 5.74) is 0.173. The lowest BCUT2D eigenvalue weighted by atomic mass is 10.1. The van der Waals surface area contributed by atoms with Gasteiger partial charge in [0.05, 0.1) is 0 Å². The predicted octanol–water partition coefficient (Wildman–Crippen LogP) is 2.48. The van der Waals surface area contributed by atoms with Crippen LogP contribution in [0.15, 0.2) is 30.3 Å². The molecule has 1 fully saturated rings. The zero-order valence-electron chi connectivity index (χ0n) is 20.3. The molecule has 0 saturated carbocycles. The van der Waals surface area contributed by atoms with Crippen LogP contribution in [0.1, 0.15) is 53.0 Å². The van der Waals surface area contributed by atoms with Crippen molar-refractivity contribution >= 4 is 23.9 Å². The maximum atomic E-state index is 13.1. The molecule has 1 heterocycles. The highest BCUT2D eigenvalue weighted by Crippen LogP contribution is 2.23. The minimum absolute atomic E-state index is 0.107. The summed E-state index contributed by atoms with van der Waals surface area (Å²) in [6.07, 6.45) is 0.631. The van der Waals surface area contributed by atoms with Crippen LogP contribution in [-0.2, 0) is 30.5 Å². The molecule has 1 aliphatic rings. The van der Waals surface area contributed by atoms with Crippen LogP contribution < -0.4 is 5.32 Å². The van der Waals surface area contributed by atoms with Crippen molar-refractivity contribution in [2.24, 2.45) is 0 Å². The van der Waals surface area contributed by atoms with E-state index in [2.05, 4.69) is 5.32 Å². The fourth-order valence-corrected chi connectivity index (χ4v) is 3.41. The van der Waals surface area contributed by atoms with Crippen LogP contribution in [0.4, 0.5) is 4.79 Å². The first-order valence-electron chi connectivity index (χ1n) is 11.2. The van der Waals surface area contributed by atoms with Crippen LogP contribution in [0.25, 0.3) is 0 Å². The zero-order valence-corrected chi connectivity index (χ0v) is 20.3. The van der Waals surface area contributed by atoms with Gasteiger partial charge in [-0.05, 0) is 53.0 Å². The maximum Gasteiger partial charge on any atom is 0.410 e. The number of likely N-dealkylation sites (tertiary alicyclic amines) is 1. The number of carbonyl (C=O) groups is 4. The van der Waals surface area contributed by atoms with E-state index in [1.54, 1.807) is 27.7 Å². The minimum Gasteiger partial charge on any atom is -0.459 e. The van der Waals surface area contributed by atoms with Gasteiger partial charge in [-0.2, -0.15) is 0 Å². The first-order valence-corrected chi connectivity index (χ1v) is 11.2. The van der Waals surface area contributed by atoms with E-state index in [0.717, 1.165) is 5.56 Å². The molecule has 3 amide bonds. The molecule has 1 saturated heterocycles. The van der Waals surface area contributed by atoms with E-state index < -0.39 is 41.7 Å². The molecule has 0 radical (unpaired) electrons. The van der Waals surface area contributed by atoms with Gasteiger partial charge in [-0.15, -0.1) is 0 Å². The van der Waals surface area contributed by atoms with E-state index in [0.29, 0.717) is 19.4 Å². The lowest BCUT2D eigenvalue weighted by molar-refractivity contribution is -0.149. The second kappa shape index (κ2) is 11.2. The number of hydrogen-bond acceptors (Lipinski definition) is 6. The van der Waals surface area contributed by atoms with Gasteiger partial charge in [-0.3, -0.25) is 14.5 Å². The van der Waals surface area contributed by atoms with Crippen molar-refractivity contribution in [3.05, 3.63) is 35.9 Å². The van der Waals surface area contributed by atoms with Gasteiger partial charge in [0.1, 0.15) is 30.3 Å². The first kappa shape index (κ1) is 26.2. The highest BCUT2D eigenvalue weighted by atomic mass is 16.6. The molecule has 1 N–H and O–H groups in total. The fraction of sp³-hybridized carbons (Fsp3) is 0.583. The molecular formula is C24H35N3O6. The number of nitrogens with one attached hydrogen (secondary N) is 1. The molecule has 2 rings (SSSR count). The SMILES string of the molecule is C[C@H](NC(=O)[C@H](C)N(C)C(=O)[C@@H]1CCCN1C(=O)OC(C)(C)C)C(=O)OCc1ccccc1. The normalized spacial score (nSPS) is 17.6. The molecule has 1 aromatic carbocycles. The Morgan fingerprint density at radius 2 is 1.79 bits per heavy atom. The van der Waals surface area contributed by atoms with Crippen LogP contribution >= 0.6 is 0 Å². The number of likely N-dealkylation sites (N-methyl/N-ethyl adjacent to an activating group) is 1. The van der Waals surface area contributed by atoms with Gasteiger partial charge < -0.3 is 19.7 Å². The third-order valence-electron chi connectivity index (χ3n) is 5.41. The lowest BCUT2D eigenvalue weighted by Crippen LogP contribution is -2.54. The molecule has 1 aromatic rings. The molecule has 0 aromatic heterocycles. The third-order valence-corrected chi connectivity index (χ3v) is 5.41. The van der Waals surface area contributed by atoms with Crippen molar-refractivity contribution in [1.82, 2.24) is 15.1 Å². The third kappa shape index (κ3) is 7.47. The van der Waals surface area contributed by atoms with E-state index in [-0.39, 0.29) is 12.5 Å². The van der Waals surface area contributed by atoms with Crippen molar-refractivity contribution in [2.45, 2.75) is 77.8 Å². The zero-order chi connectivity index (χ0) is 24.8. The number of rotatable bonds is 7. The van der Waals surface area contributed by atoms with Crippen LogP contribution in [0, 0.1) is 0 Å². The second-order valence-corrected chi connectivity index (χ2v) is 9.28. The molecule has 9 heteroatoms. The van der Waals surface area contributed by atoms with E-state index in [1.807, 2.05) is 30.3 Å². The number of amides is 3. The molecule has 3 atom stereocenters. The molecule has 182 valence electrons.